The molecule has 1 heterocycles. The molecule has 0 fully saturated rings. The first-order valence-corrected chi connectivity index (χ1v) is 7.49. The molecule has 0 aliphatic rings. The van der Waals surface area contributed by atoms with Gasteiger partial charge in [0.25, 0.3) is 0 Å². The molecule has 1 aromatic carbocycles. The molecular formula is C16H17BrClN3O2. The molecule has 122 valence electrons. The van der Waals surface area contributed by atoms with Crippen molar-refractivity contribution < 1.29 is 9.47 Å². The molecular weight excluding hydrogens is 382 g/mol. The zero-order chi connectivity index (χ0) is 15.8. The number of nitrogens with one attached hydrogen (secondary N) is 1. The molecule has 23 heavy (non-hydrogen) atoms. The van der Waals surface area contributed by atoms with Crippen molar-refractivity contribution in [3.63, 3.8) is 0 Å². The quantitative estimate of drug-likeness (QED) is 0.571. The highest BCUT2D eigenvalue weighted by Gasteiger charge is 2.12. The monoisotopic (exact) mass is 397 g/mol. The minimum atomic E-state index is 0. The summed E-state index contributed by atoms with van der Waals surface area (Å²) < 4.78 is 12.0. The van der Waals surface area contributed by atoms with Crippen molar-refractivity contribution in [2.45, 2.75) is 13.2 Å². The highest BCUT2D eigenvalue weighted by Crippen LogP contribution is 2.37. The first kappa shape index (κ1) is 19.2. The van der Waals surface area contributed by atoms with Crippen molar-refractivity contribution in [3.05, 3.63) is 52.3 Å². The van der Waals surface area contributed by atoms with E-state index in [1.807, 2.05) is 30.3 Å². The standard InChI is InChI=1S/C16H16BrN3O2.ClH/c1-21-15-8-13(10-20-6-4-18)7-14(17)16(15)22-11-12-3-2-5-19-9-12;/h2-3,5,7-9,20H,6,10-11H2,1H3;1H. The van der Waals surface area contributed by atoms with Gasteiger partial charge in [-0.25, -0.2) is 0 Å². The van der Waals surface area contributed by atoms with Gasteiger partial charge in [0.05, 0.1) is 24.2 Å². The molecule has 1 aromatic heterocycles. The van der Waals surface area contributed by atoms with Crippen molar-refractivity contribution in [3.8, 4) is 17.6 Å². The second-order valence-electron chi connectivity index (χ2n) is 4.52. The molecule has 0 unspecified atom stereocenters. The summed E-state index contributed by atoms with van der Waals surface area (Å²) in [5.41, 5.74) is 1.99. The van der Waals surface area contributed by atoms with E-state index in [2.05, 4.69) is 26.2 Å². The maximum Gasteiger partial charge on any atom is 0.175 e. The third-order valence-electron chi connectivity index (χ3n) is 2.93. The third kappa shape index (κ3) is 5.71. The molecule has 0 bridgehead atoms. The van der Waals surface area contributed by atoms with E-state index in [4.69, 9.17) is 14.7 Å². The van der Waals surface area contributed by atoms with Crippen LogP contribution in [0.3, 0.4) is 0 Å². The Balaban J connectivity index is 0.00000264. The summed E-state index contributed by atoms with van der Waals surface area (Å²) in [6, 6.07) is 9.71. The molecule has 2 rings (SSSR count). The van der Waals surface area contributed by atoms with Crippen LogP contribution >= 0.6 is 28.3 Å². The maximum atomic E-state index is 8.55. The molecule has 5 nitrogen and oxygen atoms in total. The van der Waals surface area contributed by atoms with Crippen LogP contribution in [0, 0.1) is 11.3 Å². The summed E-state index contributed by atoms with van der Waals surface area (Å²) in [4.78, 5) is 4.06. The number of nitrogens with zero attached hydrogens (tertiary/aromatic N) is 2. The second kappa shape index (κ2) is 10.1. The molecule has 0 saturated heterocycles. The van der Waals surface area contributed by atoms with Gasteiger partial charge >= 0.3 is 0 Å². The number of hydrogen-bond acceptors (Lipinski definition) is 5. The first-order valence-electron chi connectivity index (χ1n) is 6.70. The Morgan fingerprint density at radius 1 is 1.35 bits per heavy atom. The summed E-state index contributed by atoms with van der Waals surface area (Å²) in [5.74, 6) is 1.29. The van der Waals surface area contributed by atoms with E-state index in [-0.39, 0.29) is 12.4 Å². The minimum Gasteiger partial charge on any atom is -0.493 e. The van der Waals surface area contributed by atoms with Crippen LogP contribution in [0.2, 0.25) is 0 Å². The number of methoxy groups -OCH3 is 1. The molecule has 7 heteroatoms. The molecule has 0 spiro atoms. The van der Waals surface area contributed by atoms with Gasteiger partial charge in [0.1, 0.15) is 6.61 Å². The van der Waals surface area contributed by atoms with Crippen LogP contribution < -0.4 is 14.8 Å². The lowest BCUT2D eigenvalue weighted by Crippen LogP contribution is -2.13. The third-order valence-corrected chi connectivity index (χ3v) is 3.52. The predicted octanol–water partition coefficient (Wildman–Crippen LogP) is 3.47. The zero-order valence-electron chi connectivity index (χ0n) is 12.6. The molecule has 2 aromatic rings. The lowest BCUT2D eigenvalue weighted by Gasteiger charge is -2.14. The summed E-state index contributed by atoms with van der Waals surface area (Å²) in [6.45, 7) is 1.30. The highest BCUT2D eigenvalue weighted by molar-refractivity contribution is 9.10. The first-order chi connectivity index (χ1) is 10.7. The van der Waals surface area contributed by atoms with Gasteiger partial charge in [0.2, 0.25) is 0 Å². The van der Waals surface area contributed by atoms with E-state index < -0.39 is 0 Å². The largest absolute Gasteiger partial charge is 0.493 e. The lowest BCUT2D eigenvalue weighted by molar-refractivity contribution is 0.282. The van der Waals surface area contributed by atoms with E-state index in [1.54, 1.807) is 19.5 Å². The Labute approximate surface area is 150 Å². The Morgan fingerprint density at radius 2 is 2.17 bits per heavy atom. The summed E-state index contributed by atoms with van der Waals surface area (Å²) in [7, 11) is 1.60. The van der Waals surface area contributed by atoms with Crippen LogP contribution in [0.25, 0.3) is 0 Å². The van der Waals surface area contributed by atoms with Crippen LogP contribution in [-0.4, -0.2) is 18.6 Å². The summed E-state index contributed by atoms with van der Waals surface area (Å²) in [5, 5.41) is 11.6. The number of ether oxygens (including phenoxy) is 2. The highest BCUT2D eigenvalue weighted by atomic mass is 79.9. The van der Waals surface area contributed by atoms with Gasteiger partial charge in [-0.15, -0.1) is 12.4 Å². The molecule has 1 N–H and O–H groups in total. The van der Waals surface area contributed by atoms with Gasteiger partial charge in [-0.1, -0.05) is 6.07 Å². The van der Waals surface area contributed by atoms with Crippen LogP contribution in [0.1, 0.15) is 11.1 Å². The predicted molar refractivity (Wildman–Crippen MR) is 93.8 cm³/mol. The number of rotatable bonds is 7. The molecule has 0 aliphatic carbocycles. The number of benzene rings is 1. The average molecular weight is 399 g/mol. The zero-order valence-corrected chi connectivity index (χ0v) is 15.0. The minimum absolute atomic E-state index is 0. The number of aromatic nitrogens is 1. The molecule has 0 amide bonds. The van der Waals surface area contributed by atoms with Gasteiger partial charge in [0, 0.05) is 24.5 Å². The Morgan fingerprint density at radius 3 is 2.83 bits per heavy atom. The van der Waals surface area contributed by atoms with E-state index in [0.29, 0.717) is 31.2 Å². The normalized spacial score (nSPS) is 9.61. The molecule has 0 atom stereocenters. The van der Waals surface area contributed by atoms with E-state index in [0.717, 1.165) is 15.6 Å². The number of halogens is 2. The lowest BCUT2D eigenvalue weighted by atomic mass is 10.2. The van der Waals surface area contributed by atoms with E-state index in [9.17, 15) is 0 Å². The van der Waals surface area contributed by atoms with Crippen LogP contribution in [0.15, 0.2) is 41.1 Å². The van der Waals surface area contributed by atoms with E-state index >= 15 is 0 Å². The molecule has 0 saturated carbocycles. The average Bonchev–Trinajstić information content (AvgIpc) is 2.54. The van der Waals surface area contributed by atoms with Crippen molar-refractivity contribution in [2.75, 3.05) is 13.7 Å². The SMILES string of the molecule is COc1cc(CNCC#N)cc(Br)c1OCc1cccnc1.Cl. The molecule has 0 radical (unpaired) electrons. The summed E-state index contributed by atoms with van der Waals surface area (Å²) in [6.07, 6.45) is 3.49. The van der Waals surface area contributed by atoms with Crippen molar-refractivity contribution in [1.29, 1.82) is 5.26 Å². The van der Waals surface area contributed by atoms with Gasteiger partial charge in [-0.05, 0) is 39.7 Å². The topological polar surface area (TPSA) is 67.2 Å². The smallest absolute Gasteiger partial charge is 0.175 e. The van der Waals surface area contributed by atoms with Gasteiger partial charge < -0.3 is 14.8 Å². The number of hydrogen-bond donors (Lipinski definition) is 1. The van der Waals surface area contributed by atoms with Crippen LogP contribution in [0.5, 0.6) is 11.5 Å². The number of pyridine rings is 1. The van der Waals surface area contributed by atoms with Crippen molar-refractivity contribution in [2.24, 2.45) is 0 Å². The maximum absolute atomic E-state index is 8.55. The van der Waals surface area contributed by atoms with Gasteiger partial charge in [0.15, 0.2) is 11.5 Å². The Hall–Kier alpha value is -1.81. The van der Waals surface area contributed by atoms with Crippen LogP contribution in [-0.2, 0) is 13.2 Å². The van der Waals surface area contributed by atoms with Crippen LogP contribution in [0.4, 0.5) is 0 Å². The fraction of sp³-hybridized carbons (Fsp3) is 0.250. The van der Waals surface area contributed by atoms with Crippen molar-refractivity contribution >= 4 is 28.3 Å². The second-order valence-corrected chi connectivity index (χ2v) is 5.37. The van der Waals surface area contributed by atoms with Gasteiger partial charge in [-0.2, -0.15) is 5.26 Å². The Kier molecular flexibility index (Phi) is 8.41. The molecule has 0 aliphatic heterocycles. The summed E-state index contributed by atoms with van der Waals surface area (Å²) >= 11 is 3.51. The fourth-order valence-electron chi connectivity index (χ4n) is 1.92. The van der Waals surface area contributed by atoms with E-state index in [1.165, 1.54) is 0 Å². The van der Waals surface area contributed by atoms with Crippen molar-refractivity contribution in [1.82, 2.24) is 10.3 Å². The Bertz CT molecular complexity index is 662. The fourth-order valence-corrected chi connectivity index (χ4v) is 2.52. The number of nitriles is 1. The van der Waals surface area contributed by atoms with Gasteiger partial charge in [-0.3, -0.25) is 4.98 Å².